The normalized spacial score (nSPS) is 10.0. The fraction of sp³-hybridized carbons (Fsp3) is 0.800. The van der Waals surface area contributed by atoms with E-state index in [4.69, 9.17) is 22.3 Å². The van der Waals surface area contributed by atoms with Crippen molar-refractivity contribution < 1.29 is 0 Å². The summed E-state index contributed by atoms with van der Waals surface area (Å²) in [6.45, 7) is 6.26. The highest BCUT2D eigenvalue weighted by Crippen LogP contribution is 2.25. The van der Waals surface area contributed by atoms with Crippen LogP contribution >= 0.6 is 59.2 Å². The molecule has 0 radical (unpaired) electrons. The van der Waals surface area contributed by atoms with Crippen molar-refractivity contribution in [2.24, 2.45) is 11.5 Å². The maximum Gasteiger partial charge on any atom is 0.188 e. The van der Waals surface area contributed by atoms with E-state index in [9.17, 15) is 0 Å². The summed E-state index contributed by atoms with van der Waals surface area (Å²) < 4.78 is -0.579. The predicted molar refractivity (Wildman–Crippen MR) is 104 cm³/mol. The molecule has 0 atom stereocenters. The molecule has 0 aliphatic heterocycles. The molecular weight excluding hydrogens is 428 g/mol. The summed E-state index contributed by atoms with van der Waals surface area (Å²) in [4.78, 5) is 3.44. The van der Waals surface area contributed by atoms with E-state index >= 15 is 0 Å². The van der Waals surface area contributed by atoms with E-state index in [0.29, 0.717) is 32.6 Å². The number of guanidine groups is 2. The third-order valence-corrected chi connectivity index (χ3v) is 3.40. The van der Waals surface area contributed by atoms with Crippen LogP contribution in [0.5, 0.6) is 0 Å². The highest BCUT2D eigenvalue weighted by molar-refractivity contribution is 8.93. The minimum Gasteiger partial charge on any atom is -0.370 e. The van der Waals surface area contributed by atoms with Gasteiger partial charge in [-0.05, 0) is 20.3 Å². The van der Waals surface area contributed by atoms with Crippen LogP contribution in [0.25, 0.3) is 0 Å². The first-order chi connectivity index (χ1) is 8.23. The highest BCUT2D eigenvalue weighted by atomic mass is 79.9. The monoisotopic (exact) mass is 452 g/mol. The van der Waals surface area contributed by atoms with Gasteiger partial charge in [0.1, 0.15) is 0 Å². The quantitative estimate of drug-likeness (QED) is 0.152. The van der Waals surface area contributed by atoms with E-state index in [1.807, 2.05) is 13.8 Å². The zero-order valence-electron chi connectivity index (χ0n) is 11.8. The predicted octanol–water partition coefficient (Wildman–Crippen LogP) is 1.52. The molecule has 0 unspecified atom stereocenters. The highest BCUT2D eigenvalue weighted by Gasteiger charge is 2.25. The summed E-state index contributed by atoms with van der Waals surface area (Å²) in [5, 5.41) is 14.8. The van der Waals surface area contributed by atoms with Crippen LogP contribution in [0.15, 0.2) is 0 Å². The molecule has 0 saturated carbocycles. The molecule has 0 aromatic carbocycles. The van der Waals surface area contributed by atoms with Crippen LogP contribution in [-0.4, -0.2) is 52.0 Å². The van der Waals surface area contributed by atoms with Crippen molar-refractivity contribution in [1.29, 1.82) is 10.8 Å². The minimum absolute atomic E-state index is 0. The molecule has 6 nitrogen and oxygen atoms in total. The van der Waals surface area contributed by atoms with Gasteiger partial charge < -0.3 is 21.3 Å². The average Bonchev–Trinajstić information content (AvgIpc) is 2.25. The lowest BCUT2D eigenvalue weighted by molar-refractivity contribution is 0.373. The molecular formula is C10H26Br2N6S2. The van der Waals surface area contributed by atoms with Crippen molar-refractivity contribution in [2.75, 3.05) is 26.2 Å². The maximum atomic E-state index is 7.42. The molecule has 0 aromatic heterocycles. The molecule has 0 aliphatic rings. The second-order valence-corrected chi connectivity index (χ2v) is 6.16. The van der Waals surface area contributed by atoms with Gasteiger partial charge in [0, 0.05) is 26.2 Å². The Morgan fingerprint density at radius 3 is 1.70 bits per heavy atom. The molecule has 0 amide bonds. The lowest BCUT2D eigenvalue weighted by atomic mass is 10.2. The van der Waals surface area contributed by atoms with Crippen LogP contribution in [0.4, 0.5) is 0 Å². The minimum atomic E-state index is -0.579. The Morgan fingerprint density at radius 1 is 1.00 bits per heavy atom. The lowest BCUT2D eigenvalue weighted by Gasteiger charge is -2.32. The van der Waals surface area contributed by atoms with Gasteiger partial charge in [-0.15, -0.1) is 34.0 Å². The van der Waals surface area contributed by atoms with Gasteiger partial charge in [0.15, 0.2) is 11.9 Å². The third-order valence-electron chi connectivity index (χ3n) is 2.67. The van der Waals surface area contributed by atoms with E-state index in [0.717, 1.165) is 0 Å². The van der Waals surface area contributed by atoms with Crippen molar-refractivity contribution in [3.63, 3.8) is 0 Å². The Morgan fingerprint density at radius 2 is 1.40 bits per heavy atom. The first-order valence-corrected chi connectivity index (χ1v) is 6.75. The Hall–Kier alpha value is 0.200. The molecule has 0 fully saturated rings. The molecule has 20 heavy (non-hydrogen) atoms. The summed E-state index contributed by atoms with van der Waals surface area (Å²) in [6.07, 6.45) is 0.635. The number of thiol groups is 2. The Balaban J connectivity index is -0.00000144. The van der Waals surface area contributed by atoms with Crippen molar-refractivity contribution in [1.82, 2.24) is 9.80 Å². The largest absolute Gasteiger partial charge is 0.370 e. The second kappa shape index (κ2) is 11.8. The SMILES string of the molecule is Br.Br.CCN(CCC(S)(S)CN(CC)C(=N)N)C(=N)N. The summed E-state index contributed by atoms with van der Waals surface area (Å²) in [5.41, 5.74) is 10.9. The topological polar surface area (TPSA) is 106 Å². The zero-order valence-corrected chi connectivity index (χ0v) is 17.0. The first-order valence-electron chi connectivity index (χ1n) is 5.86. The summed E-state index contributed by atoms with van der Waals surface area (Å²) in [7, 11) is 0. The molecule has 0 aromatic rings. The van der Waals surface area contributed by atoms with Crippen LogP contribution in [-0.2, 0) is 0 Å². The van der Waals surface area contributed by atoms with Crippen molar-refractivity contribution in [2.45, 2.75) is 24.3 Å². The molecule has 6 N–H and O–H groups in total. The number of hydrogen-bond donors (Lipinski definition) is 6. The van der Waals surface area contributed by atoms with Crippen molar-refractivity contribution >= 4 is 71.1 Å². The van der Waals surface area contributed by atoms with Crippen LogP contribution in [0.2, 0.25) is 0 Å². The van der Waals surface area contributed by atoms with Crippen LogP contribution < -0.4 is 11.5 Å². The number of nitrogens with two attached hydrogens (primary N) is 2. The Labute approximate surface area is 153 Å². The van der Waals surface area contributed by atoms with E-state index in [2.05, 4.69) is 25.3 Å². The third kappa shape index (κ3) is 10.0. The second-order valence-electron chi connectivity index (χ2n) is 4.10. The standard InChI is InChI=1S/C10H24N6S2.2BrH/c1-3-15(8(11)12)6-5-10(17,18)7-16(4-2)9(13)14;;/h17-18H,3-7H2,1-2H3,(H3,11,12)(H3,13,14);2*1H. The number of nitrogens with zero attached hydrogens (tertiary/aromatic N) is 2. The average molecular weight is 454 g/mol. The van der Waals surface area contributed by atoms with E-state index in [-0.39, 0.29) is 45.9 Å². The van der Waals surface area contributed by atoms with Crippen LogP contribution in [0, 0.1) is 10.8 Å². The van der Waals surface area contributed by atoms with Crippen LogP contribution in [0.3, 0.4) is 0 Å². The van der Waals surface area contributed by atoms with Gasteiger partial charge in [0.25, 0.3) is 0 Å². The van der Waals surface area contributed by atoms with Crippen LogP contribution in [0.1, 0.15) is 20.3 Å². The summed E-state index contributed by atoms with van der Waals surface area (Å²) in [6, 6.07) is 0. The number of nitrogens with one attached hydrogen (secondary N) is 2. The van der Waals surface area contributed by atoms with Gasteiger partial charge in [-0.2, -0.15) is 25.3 Å². The number of rotatable bonds is 7. The molecule has 0 spiro atoms. The van der Waals surface area contributed by atoms with E-state index < -0.39 is 4.08 Å². The molecule has 0 aliphatic carbocycles. The molecule has 10 heteroatoms. The maximum absolute atomic E-state index is 7.42. The fourth-order valence-electron chi connectivity index (χ4n) is 1.51. The van der Waals surface area contributed by atoms with Crippen molar-refractivity contribution in [3.8, 4) is 0 Å². The molecule has 0 heterocycles. The first kappa shape index (κ1) is 25.2. The van der Waals surface area contributed by atoms with Gasteiger partial charge in [-0.3, -0.25) is 10.8 Å². The van der Waals surface area contributed by atoms with Crippen molar-refractivity contribution in [3.05, 3.63) is 0 Å². The summed E-state index contributed by atoms with van der Waals surface area (Å²) in [5.74, 6) is 0.0674. The molecule has 0 rings (SSSR count). The molecule has 0 saturated heterocycles. The van der Waals surface area contributed by atoms with Gasteiger partial charge in [0.2, 0.25) is 0 Å². The Bertz CT molecular complexity index is 303. The fourth-order valence-corrected chi connectivity index (χ4v) is 2.06. The lowest BCUT2D eigenvalue weighted by Crippen LogP contribution is -2.45. The summed E-state index contributed by atoms with van der Waals surface area (Å²) >= 11 is 8.98. The molecule has 0 bridgehead atoms. The molecule has 122 valence electrons. The van der Waals surface area contributed by atoms with Gasteiger partial charge in [0.05, 0.1) is 4.08 Å². The van der Waals surface area contributed by atoms with Gasteiger partial charge in [-0.1, -0.05) is 0 Å². The Kier molecular flexibility index (Phi) is 14.9. The number of halogens is 2. The van der Waals surface area contributed by atoms with E-state index in [1.54, 1.807) is 9.80 Å². The smallest absolute Gasteiger partial charge is 0.188 e. The van der Waals surface area contributed by atoms with Gasteiger partial charge in [-0.25, -0.2) is 0 Å². The van der Waals surface area contributed by atoms with E-state index in [1.165, 1.54) is 0 Å². The van der Waals surface area contributed by atoms with Gasteiger partial charge >= 0.3 is 0 Å². The number of hydrogen-bond acceptors (Lipinski definition) is 4. The zero-order chi connectivity index (χ0) is 14.3.